The Morgan fingerprint density at radius 1 is 1.22 bits per heavy atom. The van der Waals surface area contributed by atoms with Gasteiger partial charge in [0, 0.05) is 5.56 Å². The van der Waals surface area contributed by atoms with Crippen molar-refractivity contribution in [1.82, 2.24) is 20.3 Å². The summed E-state index contributed by atoms with van der Waals surface area (Å²) in [7, 11) is 0. The number of aromatic nitrogens is 4. The van der Waals surface area contributed by atoms with Gasteiger partial charge in [0.2, 0.25) is 5.82 Å². The highest BCUT2D eigenvalue weighted by atomic mass is 35.5. The van der Waals surface area contributed by atoms with Gasteiger partial charge in [-0.25, -0.2) is 4.39 Å². The molecule has 0 radical (unpaired) electrons. The zero-order chi connectivity index (χ0) is 12.5. The minimum atomic E-state index is -0.320. The molecule has 0 unspecified atom stereocenters. The lowest BCUT2D eigenvalue weighted by molar-refractivity contribution is 0.431. The SMILES string of the molecule is Fc1ccc(-c2noc(-c3[nH]ncc3Cl)n2)cc1. The van der Waals surface area contributed by atoms with E-state index in [-0.39, 0.29) is 11.7 Å². The maximum atomic E-state index is 12.8. The Bertz CT molecular complexity index is 676. The van der Waals surface area contributed by atoms with Crippen molar-refractivity contribution in [2.45, 2.75) is 0 Å². The van der Waals surface area contributed by atoms with Gasteiger partial charge in [-0.3, -0.25) is 5.10 Å². The number of rotatable bonds is 2. The fourth-order valence-corrected chi connectivity index (χ4v) is 1.63. The molecule has 2 heterocycles. The molecule has 3 aromatic rings. The molecule has 1 aromatic carbocycles. The first kappa shape index (κ1) is 10.9. The molecule has 2 aromatic heterocycles. The number of hydrogen-bond acceptors (Lipinski definition) is 4. The predicted molar refractivity (Wildman–Crippen MR) is 62.3 cm³/mol. The molecule has 0 bridgehead atoms. The number of halogens is 2. The van der Waals surface area contributed by atoms with E-state index < -0.39 is 0 Å². The molecule has 3 rings (SSSR count). The van der Waals surface area contributed by atoms with E-state index in [0.29, 0.717) is 22.1 Å². The fourth-order valence-electron chi connectivity index (χ4n) is 1.46. The lowest BCUT2D eigenvalue weighted by atomic mass is 10.2. The Labute approximate surface area is 106 Å². The summed E-state index contributed by atoms with van der Waals surface area (Å²) in [5.74, 6) is 0.270. The van der Waals surface area contributed by atoms with Crippen LogP contribution in [0.15, 0.2) is 35.0 Å². The maximum Gasteiger partial charge on any atom is 0.277 e. The minimum Gasteiger partial charge on any atom is -0.332 e. The van der Waals surface area contributed by atoms with Gasteiger partial charge in [-0.05, 0) is 24.3 Å². The van der Waals surface area contributed by atoms with Gasteiger partial charge in [0.1, 0.15) is 11.5 Å². The monoisotopic (exact) mass is 264 g/mol. The van der Waals surface area contributed by atoms with E-state index in [1.54, 1.807) is 12.1 Å². The molecule has 0 aliphatic carbocycles. The summed E-state index contributed by atoms with van der Waals surface area (Å²) < 4.78 is 17.9. The van der Waals surface area contributed by atoms with E-state index in [1.165, 1.54) is 18.3 Å². The summed E-state index contributed by atoms with van der Waals surface area (Å²) in [6.45, 7) is 0. The summed E-state index contributed by atoms with van der Waals surface area (Å²) in [6.07, 6.45) is 1.44. The third kappa shape index (κ3) is 1.86. The second-order valence-electron chi connectivity index (χ2n) is 3.52. The Balaban J connectivity index is 1.99. The second kappa shape index (κ2) is 4.23. The van der Waals surface area contributed by atoms with Gasteiger partial charge in [0.05, 0.1) is 11.2 Å². The molecule has 0 amide bonds. The average Bonchev–Trinajstić information content (AvgIpc) is 2.98. The smallest absolute Gasteiger partial charge is 0.277 e. The summed E-state index contributed by atoms with van der Waals surface area (Å²) in [5.41, 5.74) is 1.11. The molecule has 0 aliphatic rings. The van der Waals surface area contributed by atoms with E-state index in [4.69, 9.17) is 16.1 Å². The number of hydrogen-bond donors (Lipinski definition) is 1. The first-order chi connectivity index (χ1) is 8.74. The van der Waals surface area contributed by atoms with Crippen LogP contribution in [0.4, 0.5) is 4.39 Å². The van der Waals surface area contributed by atoms with E-state index >= 15 is 0 Å². The zero-order valence-corrected chi connectivity index (χ0v) is 9.65. The van der Waals surface area contributed by atoms with E-state index in [9.17, 15) is 4.39 Å². The quantitative estimate of drug-likeness (QED) is 0.773. The van der Waals surface area contributed by atoms with Crippen molar-refractivity contribution >= 4 is 11.6 Å². The Morgan fingerprint density at radius 3 is 2.67 bits per heavy atom. The molecular formula is C11H6ClFN4O. The van der Waals surface area contributed by atoms with Crippen LogP contribution in [0.25, 0.3) is 23.0 Å². The van der Waals surface area contributed by atoms with E-state index in [2.05, 4.69) is 20.3 Å². The lowest BCUT2D eigenvalue weighted by Crippen LogP contribution is -1.82. The largest absolute Gasteiger partial charge is 0.332 e. The average molecular weight is 265 g/mol. The van der Waals surface area contributed by atoms with Crippen LogP contribution in [-0.4, -0.2) is 20.3 Å². The standard InChI is InChI=1S/C11H6ClFN4O/c12-8-5-14-16-9(8)11-15-10(17-18-11)6-1-3-7(13)4-2-6/h1-5H,(H,14,16). The number of nitrogens with one attached hydrogen (secondary N) is 1. The van der Waals surface area contributed by atoms with E-state index in [0.717, 1.165) is 0 Å². The number of nitrogens with zero attached hydrogens (tertiary/aromatic N) is 3. The Kier molecular flexibility index (Phi) is 2.56. The minimum absolute atomic E-state index is 0.233. The van der Waals surface area contributed by atoms with Crippen molar-refractivity contribution in [3.63, 3.8) is 0 Å². The van der Waals surface area contributed by atoms with Gasteiger partial charge in [0.25, 0.3) is 5.89 Å². The molecular weight excluding hydrogens is 259 g/mol. The molecule has 0 fully saturated rings. The van der Waals surface area contributed by atoms with Crippen LogP contribution in [0.5, 0.6) is 0 Å². The highest BCUT2D eigenvalue weighted by Gasteiger charge is 2.14. The Hall–Kier alpha value is -2.21. The van der Waals surface area contributed by atoms with Crippen LogP contribution in [0.1, 0.15) is 0 Å². The van der Waals surface area contributed by atoms with Crippen LogP contribution < -0.4 is 0 Å². The molecule has 90 valence electrons. The van der Waals surface area contributed by atoms with Gasteiger partial charge in [0.15, 0.2) is 0 Å². The molecule has 0 atom stereocenters. The first-order valence-corrected chi connectivity index (χ1v) is 5.41. The molecule has 0 saturated carbocycles. The van der Waals surface area contributed by atoms with E-state index in [1.807, 2.05) is 0 Å². The third-order valence-corrected chi connectivity index (χ3v) is 2.62. The third-order valence-electron chi connectivity index (χ3n) is 2.34. The summed E-state index contributed by atoms with van der Waals surface area (Å²) >= 11 is 5.88. The lowest BCUT2D eigenvalue weighted by Gasteiger charge is -1.92. The van der Waals surface area contributed by atoms with Crippen LogP contribution >= 0.6 is 11.6 Å². The van der Waals surface area contributed by atoms with Crippen LogP contribution in [-0.2, 0) is 0 Å². The normalized spacial score (nSPS) is 10.8. The van der Waals surface area contributed by atoms with Gasteiger partial charge < -0.3 is 4.52 Å². The van der Waals surface area contributed by atoms with Crippen molar-refractivity contribution in [3.05, 3.63) is 41.3 Å². The second-order valence-corrected chi connectivity index (χ2v) is 3.93. The molecule has 0 saturated heterocycles. The van der Waals surface area contributed by atoms with Gasteiger partial charge >= 0.3 is 0 Å². The summed E-state index contributed by atoms with van der Waals surface area (Å²) in [5, 5.41) is 10.6. The number of aromatic amines is 1. The number of H-pyrrole nitrogens is 1. The number of benzene rings is 1. The summed E-state index contributed by atoms with van der Waals surface area (Å²) in [6, 6.07) is 5.79. The van der Waals surface area contributed by atoms with Crippen molar-refractivity contribution in [1.29, 1.82) is 0 Å². The van der Waals surface area contributed by atoms with Gasteiger partial charge in [-0.2, -0.15) is 10.1 Å². The van der Waals surface area contributed by atoms with Crippen LogP contribution in [0, 0.1) is 5.82 Å². The highest BCUT2D eigenvalue weighted by molar-refractivity contribution is 6.32. The highest BCUT2D eigenvalue weighted by Crippen LogP contribution is 2.25. The van der Waals surface area contributed by atoms with Crippen molar-refractivity contribution < 1.29 is 8.91 Å². The van der Waals surface area contributed by atoms with Crippen LogP contribution in [0.2, 0.25) is 5.02 Å². The van der Waals surface area contributed by atoms with Crippen molar-refractivity contribution in [3.8, 4) is 23.0 Å². The van der Waals surface area contributed by atoms with Crippen molar-refractivity contribution in [2.24, 2.45) is 0 Å². The molecule has 1 N–H and O–H groups in total. The zero-order valence-electron chi connectivity index (χ0n) is 8.89. The maximum absolute atomic E-state index is 12.8. The van der Waals surface area contributed by atoms with Gasteiger partial charge in [-0.15, -0.1) is 0 Å². The topological polar surface area (TPSA) is 67.6 Å². The van der Waals surface area contributed by atoms with Crippen LogP contribution in [0.3, 0.4) is 0 Å². The predicted octanol–water partition coefficient (Wildman–Crippen LogP) is 2.92. The molecule has 18 heavy (non-hydrogen) atoms. The Morgan fingerprint density at radius 2 is 2.00 bits per heavy atom. The first-order valence-electron chi connectivity index (χ1n) is 5.03. The molecule has 0 spiro atoms. The van der Waals surface area contributed by atoms with Crippen molar-refractivity contribution in [2.75, 3.05) is 0 Å². The van der Waals surface area contributed by atoms with Gasteiger partial charge in [-0.1, -0.05) is 16.8 Å². The fraction of sp³-hybridized carbons (Fsp3) is 0. The molecule has 7 heteroatoms. The summed E-state index contributed by atoms with van der Waals surface area (Å²) in [4.78, 5) is 4.16. The molecule has 5 nitrogen and oxygen atoms in total. The molecule has 0 aliphatic heterocycles.